The van der Waals surface area contributed by atoms with Gasteiger partial charge in [-0.05, 0) is 46.0 Å². The van der Waals surface area contributed by atoms with Crippen molar-refractivity contribution in [3.63, 3.8) is 0 Å². The van der Waals surface area contributed by atoms with E-state index in [1.54, 1.807) is 0 Å². The summed E-state index contributed by atoms with van der Waals surface area (Å²) in [4.78, 5) is 15.3. The van der Waals surface area contributed by atoms with Crippen molar-refractivity contribution in [2.24, 2.45) is 5.92 Å². The van der Waals surface area contributed by atoms with E-state index in [0.29, 0.717) is 5.92 Å². The average molecular weight is 376 g/mol. The molecule has 0 spiro atoms. The Labute approximate surface area is 163 Å². The van der Waals surface area contributed by atoms with Crippen molar-refractivity contribution in [2.45, 2.75) is 39.5 Å². The third-order valence-electron chi connectivity index (χ3n) is 5.96. The molecular formula is C24H25NOS. The van der Waals surface area contributed by atoms with Gasteiger partial charge in [0.1, 0.15) is 4.70 Å². The highest BCUT2D eigenvalue weighted by atomic mass is 32.1. The van der Waals surface area contributed by atoms with Crippen LogP contribution in [0.3, 0.4) is 0 Å². The lowest BCUT2D eigenvalue weighted by Crippen LogP contribution is -2.08. The SMILES string of the molecule is CCC(CC)C(C)c1ccc(-c2cccc3[nH]c(=O)c4sccc4c23)cc1. The van der Waals surface area contributed by atoms with Crippen molar-refractivity contribution in [3.8, 4) is 11.1 Å². The molecule has 0 radical (unpaired) electrons. The fraction of sp³-hybridized carbons (Fsp3) is 0.292. The predicted octanol–water partition coefficient (Wildman–Crippen LogP) is 6.95. The third kappa shape index (κ3) is 3.10. The molecule has 0 bridgehead atoms. The molecule has 0 aliphatic rings. The number of nitrogens with one attached hydrogen (secondary N) is 1. The van der Waals surface area contributed by atoms with Crippen LogP contribution in [0, 0.1) is 5.92 Å². The molecule has 4 rings (SSSR count). The minimum absolute atomic E-state index is 0.000930. The highest BCUT2D eigenvalue weighted by Gasteiger charge is 2.16. The Kier molecular flexibility index (Phi) is 4.88. The number of H-pyrrole nitrogens is 1. The van der Waals surface area contributed by atoms with Gasteiger partial charge in [0, 0.05) is 16.3 Å². The van der Waals surface area contributed by atoms with Crippen LogP contribution in [0.25, 0.3) is 32.1 Å². The summed E-state index contributed by atoms with van der Waals surface area (Å²) >= 11 is 1.50. The van der Waals surface area contributed by atoms with Gasteiger partial charge in [-0.2, -0.15) is 0 Å². The molecule has 1 unspecified atom stereocenters. The number of benzene rings is 2. The Morgan fingerprint density at radius 1 is 1.00 bits per heavy atom. The maximum Gasteiger partial charge on any atom is 0.266 e. The molecular weight excluding hydrogens is 350 g/mol. The van der Waals surface area contributed by atoms with Crippen molar-refractivity contribution in [2.75, 3.05) is 0 Å². The topological polar surface area (TPSA) is 32.9 Å². The zero-order valence-corrected chi connectivity index (χ0v) is 16.9. The molecule has 0 aliphatic heterocycles. The zero-order chi connectivity index (χ0) is 19.0. The van der Waals surface area contributed by atoms with E-state index in [1.807, 2.05) is 17.5 Å². The van der Waals surface area contributed by atoms with Crippen LogP contribution in [0.2, 0.25) is 0 Å². The van der Waals surface area contributed by atoms with Crippen LogP contribution in [0.4, 0.5) is 0 Å². The second kappa shape index (κ2) is 7.32. The average Bonchev–Trinajstić information content (AvgIpc) is 3.19. The van der Waals surface area contributed by atoms with E-state index in [2.05, 4.69) is 62.2 Å². The van der Waals surface area contributed by atoms with Crippen LogP contribution in [0.5, 0.6) is 0 Å². The maximum absolute atomic E-state index is 12.3. The molecule has 1 N–H and O–H groups in total. The molecule has 2 nitrogen and oxygen atoms in total. The molecule has 0 amide bonds. The molecule has 0 fully saturated rings. The zero-order valence-electron chi connectivity index (χ0n) is 16.1. The Bertz CT molecular complexity index is 1130. The second-order valence-electron chi connectivity index (χ2n) is 7.33. The van der Waals surface area contributed by atoms with Crippen LogP contribution in [0.15, 0.2) is 58.7 Å². The van der Waals surface area contributed by atoms with E-state index >= 15 is 0 Å². The predicted molar refractivity (Wildman–Crippen MR) is 118 cm³/mol. The van der Waals surface area contributed by atoms with Gasteiger partial charge >= 0.3 is 0 Å². The van der Waals surface area contributed by atoms with E-state index in [1.165, 1.54) is 40.9 Å². The van der Waals surface area contributed by atoms with Gasteiger partial charge in [0.05, 0.1) is 0 Å². The van der Waals surface area contributed by atoms with E-state index in [9.17, 15) is 4.79 Å². The van der Waals surface area contributed by atoms with Crippen LogP contribution in [-0.4, -0.2) is 4.98 Å². The molecule has 0 saturated heterocycles. The number of thiophene rings is 1. The monoisotopic (exact) mass is 375 g/mol. The number of hydrogen-bond donors (Lipinski definition) is 1. The highest BCUT2D eigenvalue weighted by Crippen LogP contribution is 2.35. The Balaban J connectivity index is 1.83. The van der Waals surface area contributed by atoms with E-state index in [0.717, 1.165) is 26.9 Å². The molecule has 0 saturated carbocycles. The Hall–Kier alpha value is -2.39. The highest BCUT2D eigenvalue weighted by molar-refractivity contribution is 7.17. The molecule has 4 aromatic rings. The second-order valence-corrected chi connectivity index (χ2v) is 8.25. The van der Waals surface area contributed by atoms with Crippen molar-refractivity contribution in [1.82, 2.24) is 4.98 Å². The lowest BCUT2D eigenvalue weighted by molar-refractivity contribution is 0.419. The van der Waals surface area contributed by atoms with Gasteiger partial charge in [-0.1, -0.05) is 70.0 Å². The van der Waals surface area contributed by atoms with Gasteiger partial charge in [0.2, 0.25) is 0 Å². The van der Waals surface area contributed by atoms with Crippen molar-refractivity contribution < 1.29 is 0 Å². The Morgan fingerprint density at radius 3 is 2.44 bits per heavy atom. The smallest absolute Gasteiger partial charge is 0.266 e. The lowest BCUT2D eigenvalue weighted by Gasteiger charge is -2.22. The van der Waals surface area contributed by atoms with E-state index < -0.39 is 0 Å². The number of rotatable bonds is 5. The molecule has 2 heterocycles. The first-order valence-corrected chi connectivity index (χ1v) is 10.6. The summed E-state index contributed by atoms with van der Waals surface area (Å²) in [5.41, 5.74) is 4.67. The van der Waals surface area contributed by atoms with Crippen molar-refractivity contribution in [1.29, 1.82) is 0 Å². The first-order chi connectivity index (χ1) is 13.1. The van der Waals surface area contributed by atoms with Crippen molar-refractivity contribution in [3.05, 3.63) is 69.8 Å². The maximum atomic E-state index is 12.3. The summed E-state index contributed by atoms with van der Waals surface area (Å²) in [5.74, 6) is 1.30. The van der Waals surface area contributed by atoms with Crippen LogP contribution in [0.1, 0.15) is 45.1 Å². The minimum atomic E-state index is -0.000930. The summed E-state index contributed by atoms with van der Waals surface area (Å²) in [5, 5.41) is 4.18. The molecule has 3 heteroatoms. The minimum Gasteiger partial charge on any atom is -0.321 e. The largest absolute Gasteiger partial charge is 0.321 e. The molecule has 138 valence electrons. The van der Waals surface area contributed by atoms with Gasteiger partial charge < -0.3 is 4.98 Å². The van der Waals surface area contributed by atoms with Crippen LogP contribution >= 0.6 is 11.3 Å². The summed E-state index contributed by atoms with van der Waals surface area (Å²) < 4.78 is 0.800. The van der Waals surface area contributed by atoms with Gasteiger partial charge in [0.15, 0.2) is 0 Å². The number of aromatic amines is 1. The van der Waals surface area contributed by atoms with Gasteiger partial charge in [-0.3, -0.25) is 4.79 Å². The standard InChI is InChI=1S/C24H25NOS/c1-4-16(5-2)15(3)17-9-11-18(12-10-17)19-7-6-8-21-22(19)20-13-14-27-23(20)24(26)25-21/h6-16H,4-5H2,1-3H3,(H,25,26). The molecule has 2 aromatic heterocycles. The Morgan fingerprint density at radius 2 is 1.74 bits per heavy atom. The molecule has 0 aliphatic carbocycles. The third-order valence-corrected chi connectivity index (χ3v) is 6.87. The molecule has 1 atom stereocenters. The van der Waals surface area contributed by atoms with Gasteiger partial charge in [-0.15, -0.1) is 11.3 Å². The van der Waals surface area contributed by atoms with Gasteiger partial charge in [0.25, 0.3) is 5.56 Å². The fourth-order valence-electron chi connectivity index (χ4n) is 4.28. The summed E-state index contributed by atoms with van der Waals surface area (Å²) in [7, 11) is 0. The first kappa shape index (κ1) is 18.0. The lowest BCUT2D eigenvalue weighted by atomic mass is 9.83. The molecule has 27 heavy (non-hydrogen) atoms. The van der Waals surface area contributed by atoms with E-state index in [4.69, 9.17) is 0 Å². The normalized spacial score (nSPS) is 12.9. The number of hydrogen-bond acceptors (Lipinski definition) is 2. The number of fused-ring (bicyclic) bond motifs is 3. The van der Waals surface area contributed by atoms with E-state index in [-0.39, 0.29) is 5.56 Å². The fourth-order valence-corrected chi connectivity index (χ4v) is 5.08. The summed E-state index contributed by atoms with van der Waals surface area (Å²) in [6, 6.07) is 17.2. The van der Waals surface area contributed by atoms with Crippen LogP contribution < -0.4 is 5.56 Å². The number of aromatic nitrogens is 1. The van der Waals surface area contributed by atoms with Gasteiger partial charge in [-0.25, -0.2) is 0 Å². The summed E-state index contributed by atoms with van der Waals surface area (Å²) in [6.45, 7) is 6.90. The number of pyridine rings is 1. The first-order valence-electron chi connectivity index (χ1n) is 9.76. The summed E-state index contributed by atoms with van der Waals surface area (Å²) in [6.07, 6.45) is 2.43. The quantitative estimate of drug-likeness (QED) is 0.402. The van der Waals surface area contributed by atoms with Crippen LogP contribution in [-0.2, 0) is 0 Å². The molecule has 2 aromatic carbocycles. The van der Waals surface area contributed by atoms with Crippen molar-refractivity contribution >= 4 is 32.3 Å².